The van der Waals surface area contributed by atoms with E-state index >= 15 is 0 Å². The Morgan fingerprint density at radius 2 is 1.00 bits per heavy atom. The standard InChI is InChI=1S/C26H23N/c1-19(2)20-13-15-21(16-14-20)24-17-25(22-9-5-3-6-10-22)27-26(18-24)23-11-7-4-8-12-23/h3-19H,1-2H3. The van der Waals surface area contributed by atoms with Gasteiger partial charge >= 0.3 is 0 Å². The van der Waals surface area contributed by atoms with E-state index in [2.05, 4.69) is 98.8 Å². The van der Waals surface area contributed by atoms with Crippen LogP contribution in [0, 0.1) is 0 Å². The molecule has 0 saturated heterocycles. The highest BCUT2D eigenvalue weighted by molar-refractivity contribution is 5.76. The van der Waals surface area contributed by atoms with Crippen molar-refractivity contribution >= 4 is 0 Å². The third-order valence-electron chi connectivity index (χ3n) is 4.88. The Hall–Kier alpha value is -3.19. The summed E-state index contributed by atoms with van der Waals surface area (Å²) in [5, 5.41) is 0. The SMILES string of the molecule is CC(C)c1ccc(-c2cc(-c3ccccc3)nc(-c3ccccc3)c2)cc1. The Labute approximate surface area is 161 Å². The van der Waals surface area contributed by atoms with Gasteiger partial charge in [0.05, 0.1) is 11.4 Å². The average molecular weight is 349 g/mol. The van der Waals surface area contributed by atoms with Crippen LogP contribution in [-0.2, 0) is 0 Å². The van der Waals surface area contributed by atoms with Gasteiger partial charge in [0.2, 0.25) is 0 Å². The zero-order valence-corrected chi connectivity index (χ0v) is 15.8. The lowest BCUT2D eigenvalue weighted by molar-refractivity contribution is 0.867. The molecule has 1 nitrogen and oxygen atoms in total. The van der Waals surface area contributed by atoms with E-state index in [1.807, 2.05) is 12.1 Å². The molecule has 0 fully saturated rings. The second-order valence-electron chi connectivity index (χ2n) is 7.14. The quantitative estimate of drug-likeness (QED) is 0.379. The van der Waals surface area contributed by atoms with Crippen LogP contribution in [0.25, 0.3) is 33.6 Å². The van der Waals surface area contributed by atoms with Crippen molar-refractivity contribution in [3.05, 3.63) is 103 Å². The fraction of sp³-hybridized carbons (Fsp3) is 0.115. The van der Waals surface area contributed by atoms with Crippen molar-refractivity contribution in [2.24, 2.45) is 0 Å². The van der Waals surface area contributed by atoms with Crippen molar-refractivity contribution in [2.45, 2.75) is 19.8 Å². The minimum Gasteiger partial charge on any atom is -0.248 e. The van der Waals surface area contributed by atoms with E-state index in [9.17, 15) is 0 Å². The molecule has 0 atom stereocenters. The third-order valence-corrected chi connectivity index (χ3v) is 4.88. The average Bonchev–Trinajstić information content (AvgIpc) is 2.75. The number of hydrogen-bond acceptors (Lipinski definition) is 1. The molecule has 0 N–H and O–H groups in total. The first-order valence-electron chi connectivity index (χ1n) is 9.44. The van der Waals surface area contributed by atoms with E-state index in [4.69, 9.17) is 4.98 Å². The molecule has 0 aliphatic carbocycles. The summed E-state index contributed by atoms with van der Waals surface area (Å²) < 4.78 is 0. The monoisotopic (exact) mass is 349 g/mol. The Morgan fingerprint density at radius 3 is 1.44 bits per heavy atom. The maximum Gasteiger partial charge on any atom is 0.0715 e. The topological polar surface area (TPSA) is 12.9 Å². The number of pyridine rings is 1. The van der Waals surface area contributed by atoms with E-state index in [1.54, 1.807) is 0 Å². The molecule has 4 aromatic rings. The van der Waals surface area contributed by atoms with E-state index in [1.165, 1.54) is 16.7 Å². The molecule has 0 aliphatic rings. The molecule has 1 aromatic heterocycles. The van der Waals surface area contributed by atoms with Crippen LogP contribution < -0.4 is 0 Å². The van der Waals surface area contributed by atoms with E-state index in [-0.39, 0.29) is 0 Å². The number of hydrogen-bond donors (Lipinski definition) is 0. The predicted octanol–water partition coefficient (Wildman–Crippen LogP) is 7.21. The number of aromatic nitrogens is 1. The van der Waals surface area contributed by atoms with Crippen LogP contribution in [0.15, 0.2) is 97.1 Å². The van der Waals surface area contributed by atoms with Crippen LogP contribution in [0.4, 0.5) is 0 Å². The number of benzene rings is 3. The van der Waals surface area contributed by atoms with Crippen molar-refractivity contribution in [2.75, 3.05) is 0 Å². The second kappa shape index (κ2) is 7.59. The van der Waals surface area contributed by atoms with Gasteiger partial charge in [-0.05, 0) is 34.7 Å². The fourth-order valence-electron chi connectivity index (χ4n) is 3.27. The molecule has 1 heterocycles. The summed E-state index contributed by atoms with van der Waals surface area (Å²) in [6.45, 7) is 4.45. The van der Waals surface area contributed by atoms with Crippen LogP contribution in [0.1, 0.15) is 25.3 Å². The van der Waals surface area contributed by atoms with Gasteiger partial charge in [-0.1, -0.05) is 98.8 Å². The predicted molar refractivity (Wildman–Crippen MR) is 115 cm³/mol. The minimum atomic E-state index is 0.538. The first-order chi connectivity index (χ1) is 13.2. The Bertz CT molecular complexity index is 959. The van der Waals surface area contributed by atoms with Crippen LogP contribution in [0.3, 0.4) is 0 Å². The van der Waals surface area contributed by atoms with Crippen molar-refractivity contribution in [1.29, 1.82) is 0 Å². The van der Waals surface area contributed by atoms with Crippen LogP contribution in [0.5, 0.6) is 0 Å². The van der Waals surface area contributed by atoms with Crippen molar-refractivity contribution in [1.82, 2.24) is 4.98 Å². The summed E-state index contributed by atoms with van der Waals surface area (Å²) in [6.07, 6.45) is 0. The fourth-order valence-corrected chi connectivity index (χ4v) is 3.27. The maximum absolute atomic E-state index is 4.95. The molecule has 0 bridgehead atoms. The zero-order valence-electron chi connectivity index (χ0n) is 15.8. The van der Waals surface area contributed by atoms with Gasteiger partial charge in [-0.2, -0.15) is 0 Å². The number of nitrogens with zero attached hydrogens (tertiary/aromatic N) is 1. The third kappa shape index (κ3) is 3.83. The summed E-state index contributed by atoms with van der Waals surface area (Å²) in [4.78, 5) is 4.95. The Kier molecular flexibility index (Phi) is 4.84. The summed E-state index contributed by atoms with van der Waals surface area (Å²) >= 11 is 0. The first kappa shape index (κ1) is 17.2. The highest BCUT2D eigenvalue weighted by atomic mass is 14.7. The van der Waals surface area contributed by atoms with Crippen LogP contribution >= 0.6 is 0 Å². The largest absolute Gasteiger partial charge is 0.248 e. The Balaban J connectivity index is 1.85. The van der Waals surface area contributed by atoms with Gasteiger partial charge in [-0.3, -0.25) is 0 Å². The maximum atomic E-state index is 4.95. The molecule has 0 radical (unpaired) electrons. The minimum absolute atomic E-state index is 0.538. The summed E-state index contributed by atoms with van der Waals surface area (Å²) in [7, 11) is 0. The van der Waals surface area contributed by atoms with E-state index in [0.717, 1.165) is 22.5 Å². The van der Waals surface area contributed by atoms with Gasteiger partial charge in [0.1, 0.15) is 0 Å². The normalized spacial score (nSPS) is 10.9. The molecule has 132 valence electrons. The molecule has 1 heteroatoms. The summed E-state index contributed by atoms with van der Waals surface area (Å²) in [5.74, 6) is 0.538. The molecule has 0 unspecified atom stereocenters. The summed E-state index contributed by atoms with van der Waals surface area (Å²) in [5.41, 5.74) is 8.04. The lowest BCUT2D eigenvalue weighted by Crippen LogP contribution is -1.92. The highest BCUT2D eigenvalue weighted by Crippen LogP contribution is 2.30. The van der Waals surface area contributed by atoms with Crippen molar-refractivity contribution < 1.29 is 0 Å². The molecule has 27 heavy (non-hydrogen) atoms. The van der Waals surface area contributed by atoms with Crippen molar-refractivity contribution in [3.63, 3.8) is 0 Å². The molecular formula is C26H23N. The lowest BCUT2D eigenvalue weighted by atomic mass is 9.97. The first-order valence-corrected chi connectivity index (χ1v) is 9.44. The van der Waals surface area contributed by atoms with Gasteiger partial charge in [-0.15, -0.1) is 0 Å². The van der Waals surface area contributed by atoms with Gasteiger partial charge in [0.15, 0.2) is 0 Å². The van der Waals surface area contributed by atoms with Gasteiger partial charge in [-0.25, -0.2) is 4.98 Å². The lowest BCUT2D eigenvalue weighted by Gasteiger charge is -2.11. The molecule has 0 saturated carbocycles. The highest BCUT2D eigenvalue weighted by Gasteiger charge is 2.09. The Morgan fingerprint density at radius 1 is 0.519 bits per heavy atom. The van der Waals surface area contributed by atoms with E-state index in [0.29, 0.717) is 5.92 Å². The van der Waals surface area contributed by atoms with Gasteiger partial charge in [0.25, 0.3) is 0 Å². The molecule has 0 amide bonds. The van der Waals surface area contributed by atoms with Gasteiger partial charge in [0, 0.05) is 11.1 Å². The van der Waals surface area contributed by atoms with Crippen LogP contribution in [0.2, 0.25) is 0 Å². The van der Waals surface area contributed by atoms with Crippen LogP contribution in [-0.4, -0.2) is 4.98 Å². The molecular weight excluding hydrogens is 326 g/mol. The van der Waals surface area contributed by atoms with Gasteiger partial charge < -0.3 is 0 Å². The number of rotatable bonds is 4. The second-order valence-corrected chi connectivity index (χ2v) is 7.14. The van der Waals surface area contributed by atoms with Crippen molar-refractivity contribution in [3.8, 4) is 33.6 Å². The van der Waals surface area contributed by atoms with E-state index < -0.39 is 0 Å². The molecule has 3 aromatic carbocycles. The summed E-state index contributed by atoms with van der Waals surface area (Å²) in [6, 6.07) is 34.0. The molecule has 0 spiro atoms. The smallest absolute Gasteiger partial charge is 0.0715 e. The zero-order chi connectivity index (χ0) is 18.6. The molecule has 4 rings (SSSR count). The molecule has 0 aliphatic heterocycles.